The summed E-state index contributed by atoms with van der Waals surface area (Å²) in [6.07, 6.45) is 6.10. The minimum absolute atomic E-state index is 0.233. The Balaban J connectivity index is 1.23. The number of carbonyl (C=O) groups is 1. The van der Waals surface area contributed by atoms with E-state index in [4.69, 9.17) is 14.2 Å². The van der Waals surface area contributed by atoms with Crippen LogP contribution in [0.4, 0.5) is 4.79 Å². The van der Waals surface area contributed by atoms with E-state index in [-0.39, 0.29) is 6.09 Å². The molecule has 1 aromatic carbocycles. The molecule has 1 unspecified atom stereocenters. The van der Waals surface area contributed by atoms with Crippen molar-refractivity contribution in [1.29, 1.82) is 0 Å². The number of nitrogens with zero attached hydrogens (tertiary/aromatic N) is 2. The number of likely N-dealkylation sites (tertiary alicyclic amines) is 1. The Morgan fingerprint density at radius 3 is 2.81 bits per heavy atom. The molecule has 1 amide bonds. The van der Waals surface area contributed by atoms with Crippen molar-refractivity contribution in [3.63, 3.8) is 0 Å². The Morgan fingerprint density at radius 1 is 1.22 bits per heavy atom. The molecular formula is C21H30N2O4. The van der Waals surface area contributed by atoms with Gasteiger partial charge < -0.3 is 24.0 Å². The average Bonchev–Trinajstić information content (AvgIpc) is 3.20. The fourth-order valence-corrected chi connectivity index (χ4v) is 4.38. The molecular weight excluding hydrogens is 344 g/mol. The Morgan fingerprint density at radius 2 is 2.07 bits per heavy atom. The van der Waals surface area contributed by atoms with E-state index in [1.807, 2.05) is 23.1 Å². The monoisotopic (exact) mass is 374 g/mol. The van der Waals surface area contributed by atoms with Gasteiger partial charge in [-0.15, -0.1) is 0 Å². The summed E-state index contributed by atoms with van der Waals surface area (Å²) in [7, 11) is 1.65. The van der Waals surface area contributed by atoms with Crippen LogP contribution in [0.15, 0.2) is 18.2 Å². The van der Waals surface area contributed by atoms with Gasteiger partial charge in [0.15, 0.2) is 0 Å². The summed E-state index contributed by atoms with van der Waals surface area (Å²) in [5, 5.41) is 0. The van der Waals surface area contributed by atoms with Gasteiger partial charge in [0.05, 0.1) is 19.8 Å². The van der Waals surface area contributed by atoms with Crippen LogP contribution in [0, 0.1) is 5.92 Å². The smallest absolute Gasteiger partial charge is 0.415 e. The molecule has 2 saturated heterocycles. The highest BCUT2D eigenvalue weighted by molar-refractivity contribution is 5.73. The third-order valence-corrected chi connectivity index (χ3v) is 6.08. The zero-order chi connectivity index (χ0) is 18.6. The predicted octanol–water partition coefficient (Wildman–Crippen LogP) is 3.29. The second-order valence-corrected chi connectivity index (χ2v) is 7.93. The lowest BCUT2D eigenvalue weighted by Crippen LogP contribution is -2.41. The zero-order valence-electron chi connectivity index (χ0n) is 16.2. The van der Waals surface area contributed by atoms with Crippen molar-refractivity contribution >= 4 is 6.09 Å². The lowest BCUT2D eigenvalue weighted by atomic mass is 9.93. The van der Waals surface area contributed by atoms with Gasteiger partial charge in [0.25, 0.3) is 0 Å². The number of piperidine rings is 1. The molecule has 0 bridgehead atoms. The van der Waals surface area contributed by atoms with E-state index in [9.17, 15) is 4.79 Å². The first-order chi connectivity index (χ1) is 13.2. The van der Waals surface area contributed by atoms with E-state index in [2.05, 4.69) is 4.90 Å². The molecule has 0 N–H and O–H groups in total. The first-order valence-electron chi connectivity index (χ1n) is 10.2. The first kappa shape index (κ1) is 18.6. The Bertz CT molecular complexity index is 652. The van der Waals surface area contributed by atoms with Crippen molar-refractivity contribution in [2.45, 2.75) is 44.8 Å². The SMILES string of the molecule is COc1ccc2c(c1)CN(CCC1CCN(CC3CCCO3)CC1)C(=O)O2. The highest BCUT2D eigenvalue weighted by Crippen LogP contribution is 2.30. The highest BCUT2D eigenvalue weighted by Gasteiger charge is 2.28. The molecule has 0 spiro atoms. The minimum atomic E-state index is -0.233. The van der Waals surface area contributed by atoms with Crippen molar-refractivity contribution < 1.29 is 19.0 Å². The molecule has 0 aliphatic carbocycles. The number of fused-ring (bicyclic) bond motifs is 1. The van der Waals surface area contributed by atoms with Crippen LogP contribution in [0.5, 0.6) is 11.5 Å². The third-order valence-electron chi connectivity index (χ3n) is 6.08. The van der Waals surface area contributed by atoms with Gasteiger partial charge >= 0.3 is 6.09 Å². The number of rotatable bonds is 6. The number of ether oxygens (including phenoxy) is 3. The molecule has 0 radical (unpaired) electrons. The van der Waals surface area contributed by atoms with Crippen LogP contribution in [-0.4, -0.2) is 61.9 Å². The van der Waals surface area contributed by atoms with Crippen LogP contribution in [0.1, 0.15) is 37.7 Å². The summed E-state index contributed by atoms with van der Waals surface area (Å²) in [4.78, 5) is 16.6. The van der Waals surface area contributed by atoms with Crippen LogP contribution >= 0.6 is 0 Å². The fraction of sp³-hybridized carbons (Fsp3) is 0.667. The standard InChI is InChI=1S/C21H30N2O4/c1-25-18-4-5-20-17(13-18)14-23(21(24)27-20)11-8-16-6-9-22(10-7-16)15-19-3-2-12-26-19/h4-5,13,16,19H,2-3,6-12,14-15H2,1H3. The van der Waals surface area contributed by atoms with Crippen molar-refractivity contribution in [3.05, 3.63) is 23.8 Å². The number of benzene rings is 1. The van der Waals surface area contributed by atoms with Gasteiger partial charge in [0, 0.05) is 25.3 Å². The maximum Gasteiger partial charge on any atom is 0.415 e. The van der Waals surface area contributed by atoms with Gasteiger partial charge in [-0.2, -0.15) is 0 Å². The van der Waals surface area contributed by atoms with Gasteiger partial charge in [-0.25, -0.2) is 4.79 Å². The van der Waals surface area contributed by atoms with Crippen LogP contribution in [0.3, 0.4) is 0 Å². The van der Waals surface area contributed by atoms with Crippen molar-refractivity contribution in [2.24, 2.45) is 5.92 Å². The van der Waals surface area contributed by atoms with Gasteiger partial charge in [-0.3, -0.25) is 0 Å². The Labute approximate surface area is 161 Å². The maximum absolute atomic E-state index is 12.3. The quantitative estimate of drug-likeness (QED) is 0.765. The number of methoxy groups -OCH3 is 1. The number of carbonyl (C=O) groups excluding carboxylic acids is 1. The van der Waals surface area contributed by atoms with Crippen molar-refractivity contribution in [1.82, 2.24) is 9.80 Å². The van der Waals surface area contributed by atoms with Crippen LogP contribution in [0.25, 0.3) is 0 Å². The lowest BCUT2D eigenvalue weighted by molar-refractivity contribution is 0.0578. The molecule has 4 rings (SSSR count). The second kappa shape index (κ2) is 8.48. The van der Waals surface area contributed by atoms with Gasteiger partial charge in [-0.05, 0) is 69.3 Å². The Kier molecular flexibility index (Phi) is 5.83. The van der Waals surface area contributed by atoms with Crippen LogP contribution < -0.4 is 9.47 Å². The molecule has 2 fully saturated rings. The summed E-state index contributed by atoms with van der Waals surface area (Å²) in [5.74, 6) is 2.13. The van der Waals surface area contributed by atoms with Gasteiger partial charge in [-0.1, -0.05) is 0 Å². The average molecular weight is 374 g/mol. The fourth-order valence-electron chi connectivity index (χ4n) is 4.38. The molecule has 0 saturated carbocycles. The normalized spacial score (nSPS) is 24.0. The largest absolute Gasteiger partial charge is 0.497 e. The van der Waals surface area contributed by atoms with Crippen LogP contribution in [-0.2, 0) is 11.3 Å². The van der Waals surface area contributed by atoms with Gasteiger partial charge in [0.1, 0.15) is 11.5 Å². The molecule has 0 aromatic heterocycles. The highest BCUT2D eigenvalue weighted by atomic mass is 16.6. The molecule has 3 heterocycles. The molecule has 6 heteroatoms. The van der Waals surface area contributed by atoms with E-state index in [1.54, 1.807) is 7.11 Å². The lowest BCUT2D eigenvalue weighted by Gasteiger charge is -2.34. The van der Waals surface area contributed by atoms with E-state index >= 15 is 0 Å². The topological polar surface area (TPSA) is 51.2 Å². The van der Waals surface area contributed by atoms with Crippen molar-refractivity contribution in [2.75, 3.05) is 39.9 Å². The minimum Gasteiger partial charge on any atom is -0.497 e. The summed E-state index contributed by atoms with van der Waals surface area (Å²) in [5.41, 5.74) is 1.01. The number of hydrogen-bond donors (Lipinski definition) is 0. The van der Waals surface area contributed by atoms with E-state index < -0.39 is 0 Å². The van der Waals surface area contributed by atoms with E-state index in [0.717, 1.165) is 50.5 Å². The van der Waals surface area contributed by atoms with E-state index in [0.29, 0.717) is 24.3 Å². The summed E-state index contributed by atoms with van der Waals surface area (Å²) in [6.45, 7) is 5.67. The summed E-state index contributed by atoms with van der Waals surface area (Å²) >= 11 is 0. The second-order valence-electron chi connectivity index (χ2n) is 7.93. The molecule has 148 valence electrons. The summed E-state index contributed by atoms with van der Waals surface area (Å²) < 4.78 is 16.5. The first-order valence-corrected chi connectivity index (χ1v) is 10.2. The number of hydrogen-bond acceptors (Lipinski definition) is 5. The van der Waals surface area contributed by atoms with Crippen LogP contribution in [0.2, 0.25) is 0 Å². The predicted molar refractivity (Wildman–Crippen MR) is 102 cm³/mol. The number of amides is 1. The maximum atomic E-state index is 12.3. The molecule has 27 heavy (non-hydrogen) atoms. The molecule has 6 nitrogen and oxygen atoms in total. The summed E-state index contributed by atoms with van der Waals surface area (Å²) in [6, 6.07) is 5.59. The van der Waals surface area contributed by atoms with Crippen molar-refractivity contribution in [3.8, 4) is 11.5 Å². The van der Waals surface area contributed by atoms with E-state index in [1.165, 1.54) is 25.7 Å². The Hall–Kier alpha value is -1.79. The molecule has 1 atom stereocenters. The zero-order valence-corrected chi connectivity index (χ0v) is 16.2. The molecule has 3 aliphatic heterocycles. The van der Waals surface area contributed by atoms with Gasteiger partial charge in [0.2, 0.25) is 0 Å². The third kappa shape index (κ3) is 4.55. The molecule has 3 aliphatic rings. The molecule has 1 aromatic rings.